The SMILES string of the molecule is O=C(O)C1CCCN1.O=C1CCCN1. The molecular weight excluding hydrogens is 184 g/mol. The lowest BCUT2D eigenvalue weighted by molar-refractivity contribution is -0.139. The van der Waals surface area contributed by atoms with E-state index in [2.05, 4.69) is 10.6 Å². The molecule has 2 aliphatic rings. The summed E-state index contributed by atoms with van der Waals surface area (Å²) in [6.07, 6.45) is 3.55. The van der Waals surface area contributed by atoms with Crippen molar-refractivity contribution in [2.75, 3.05) is 13.1 Å². The third kappa shape index (κ3) is 3.74. The number of carboxylic acids is 1. The van der Waals surface area contributed by atoms with Crippen molar-refractivity contribution in [3.8, 4) is 0 Å². The van der Waals surface area contributed by atoms with Crippen molar-refractivity contribution in [1.29, 1.82) is 0 Å². The van der Waals surface area contributed by atoms with Crippen LogP contribution >= 0.6 is 0 Å². The molecule has 2 rings (SSSR count). The summed E-state index contributed by atoms with van der Waals surface area (Å²) in [7, 11) is 0. The molecule has 2 saturated heterocycles. The van der Waals surface area contributed by atoms with Crippen molar-refractivity contribution in [3.05, 3.63) is 0 Å². The van der Waals surface area contributed by atoms with Crippen LogP contribution in [0.5, 0.6) is 0 Å². The Hall–Kier alpha value is -1.10. The molecule has 0 radical (unpaired) electrons. The van der Waals surface area contributed by atoms with Crippen molar-refractivity contribution in [3.63, 3.8) is 0 Å². The number of rotatable bonds is 1. The Morgan fingerprint density at radius 3 is 2.36 bits per heavy atom. The normalized spacial score (nSPS) is 25.1. The molecule has 1 atom stereocenters. The zero-order valence-electron chi connectivity index (χ0n) is 8.08. The van der Waals surface area contributed by atoms with Crippen molar-refractivity contribution in [1.82, 2.24) is 10.6 Å². The molecule has 0 aliphatic carbocycles. The maximum absolute atomic E-state index is 10.1. The zero-order chi connectivity index (χ0) is 10.4. The summed E-state index contributed by atoms with van der Waals surface area (Å²) in [4.78, 5) is 20.3. The first kappa shape index (κ1) is 11.0. The van der Waals surface area contributed by atoms with Crippen molar-refractivity contribution in [2.24, 2.45) is 0 Å². The second-order valence-corrected chi connectivity index (χ2v) is 3.44. The lowest BCUT2D eigenvalue weighted by atomic mass is 10.2. The van der Waals surface area contributed by atoms with Gasteiger partial charge in [-0.05, 0) is 25.8 Å². The van der Waals surface area contributed by atoms with Crippen molar-refractivity contribution in [2.45, 2.75) is 31.7 Å². The van der Waals surface area contributed by atoms with Gasteiger partial charge in [-0.15, -0.1) is 0 Å². The molecule has 2 heterocycles. The molecule has 2 fully saturated rings. The van der Waals surface area contributed by atoms with E-state index < -0.39 is 5.97 Å². The first-order chi connectivity index (χ1) is 6.70. The summed E-state index contributed by atoms with van der Waals surface area (Å²) in [5.74, 6) is -0.516. The summed E-state index contributed by atoms with van der Waals surface area (Å²) in [5.41, 5.74) is 0. The number of hydrogen-bond donors (Lipinski definition) is 3. The molecule has 0 aromatic rings. The highest BCUT2D eigenvalue weighted by Crippen LogP contribution is 2.03. The van der Waals surface area contributed by atoms with E-state index in [0.717, 1.165) is 38.8 Å². The number of hydrogen-bond acceptors (Lipinski definition) is 3. The van der Waals surface area contributed by atoms with Gasteiger partial charge in [-0.1, -0.05) is 0 Å². The molecular formula is C9H16N2O3. The van der Waals surface area contributed by atoms with Crippen LogP contribution in [-0.4, -0.2) is 36.1 Å². The number of carbonyl (C=O) groups is 2. The molecule has 0 bridgehead atoms. The first-order valence-corrected chi connectivity index (χ1v) is 4.93. The standard InChI is InChI=1S/C5H9NO2.C4H7NO/c7-5(8)4-2-1-3-6-4;6-4-2-1-3-5-4/h4,6H,1-3H2,(H,7,8);1-3H2,(H,5,6). The van der Waals surface area contributed by atoms with Crippen LogP contribution in [0.2, 0.25) is 0 Å². The number of amides is 1. The topological polar surface area (TPSA) is 78.4 Å². The Bertz CT molecular complexity index is 204. The van der Waals surface area contributed by atoms with Gasteiger partial charge in [0.25, 0.3) is 0 Å². The smallest absolute Gasteiger partial charge is 0.320 e. The molecule has 0 spiro atoms. The third-order valence-electron chi connectivity index (χ3n) is 2.26. The van der Waals surface area contributed by atoms with Gasteiger partial charge < -0.3 is 15.7 Å². The maximum atomic E-state index is 10.1. The molecule has 0 aromatic carbocycles. The summed E-state index contributed by atoms with van der Waals surface area (Å²) < 4.78 is 0. The van der Waals surface area contributed by atoms with Crippen LogP contribution in [0.25, 0.3) is 0 Å². The van der Waals surface area contributed by atoms with Crippen LogP contribution < -0.4 is 10.6 Å². The molecule has 80 valence electrons. The second kappa shape index (κ2) is 5.59. The molecule has 1 unspecified atom stereocenters. The molecule has 0 aromatic heterocycles. The van der Waals surface area contributed by atoms with E-state index in [1.807, 2.05) is 0 Å². The Morgan fingerprint density at radius 1 is 1.36 bits per heavy atom. The second-order valence-electron chi connectivity index (χ2n) is 3.44. The number of nitrogens with one attached hydrogen (secondary N) is 2. The van der Waals surface area contributed by atoms with E-state index in [-0.39, 0.29) is 11.9 Å². The Morgan fingerprint density at radius 2 is 2.14 bits per heavy atom. The van der Waals surface area contributed by atoms with E-state index in [1.165, 1.54) is 0 Å². The average Bonchev–Trinajstić information content (AvgIpc) is 2.75. The summed E-state index contributed by atoms with van der Waals surface area (Å²) in [5, 5.41) is 13.9. The minimum absolute atomic E-state index is 0.204. The van der Waals surface area contributed by atoms with Gasteiger partial charge in [-0.2, -0.15) is 0 Å². The van der Waals surface area contributed by atoms with E-state index in [9.17, 15) is 9.59 Å². The van der Waals surface area contributed by atoms with Crippen LogP contribution in [0, 0.1) is 0 Å². The molecule has 14 heavy (non-hydrogen) atoms. The highest BCUT2D eigenvalue weighted by molar-refractivity contribution is 5.77. The summed E-state index contributed by atoms with van der Waals surface area (Å²) in [6, 6.07) is -0.269. The van der Waals surface area contributed by atoms with Crippen LogP contribution in [0.3, 0.4) is 0 Å². The Balaban J connectivity index is 0.000000146. The molecule has 0 saturated carbocycles. The van der Waals surface area contributed by atoms with Gasteiger partial charge in [0.15, 0.2) is 0 Å². The van der Waals surface area contributed by atoms with Crippen LogP contribution in [0.4, 0.5) is 0 Å². The predicted molar refractivity (Wildman–Crippen MR) is 50.9 cm³/mol. The van der Waals surface area contributed by atoms with E-state index in [1.54, 1.807) is 0 Å². The molecule has 2 aliphatic heterocycles. The molecule has 5 heteroatoms. The lowest BCUT2D eigenvalue weighted by Crippen LogP contribution is -2.29. The zero-order valence-corrected chi connectivity index (χ0v) is 8.08. The van der Waals surface area contributed by atoms with Crippen LogP contribution in [0.1, 0.15) is 25.7 Å². The van der Waals surface area contributed by atoms with Crippen LogP contribution in [0.15, 0.2) is 0 Å². The lowest BCUT2D eigenvalue weighted by Gasteiger charge is -1.99. The summed E-state index contributed by atoms with van der Waals surface area (Å²) >= 11 is 0. The van der Waals surface area contributed by atoms with Gasteiger partial charge in [0.05, 0.1) is 0 Å². The quantitative estimate of drug-likeness (QED) is 0.544. The van der Waals surface area contributed by atoms with Gasteiger partial charge in [-0.25, -0.2) is 0 Å². The third-order valence-corrected chi connectivity index (χ3v) is 2.26. The minimum atomic E-state index is -0.720. The van der Waals surface area contributed by atoms with Gasteiger partial charge in [-0.3, -0.25) is 9.59 Å². The molecule has 1 amide bonds. The fourth-order valence-electron chi connectivity index (χ4n) is 1.46. The van der Waals surface area contributed by atoms with Gasteiger partial charge in [0.2, 0.25) is 5.91 Å². The number of carboxylic acid groups (broad SMARTS) is 1. The fraction of sp³-hybridized carbons (Fsp3) is 0.778. The fourth-order valence-corrected chi connectivity index (χ4v) is 1.46. The van der Waals surface area contributed by atoms with E-state index >= 15 is 0 Å². The largest absolute Gasteiger partial charge is 0.480 e. The van der Waals surface area contributed by atoms with Crippen molar-refractivity contribution >= 4 is 11.9 Å². The van der Waals surface area contributed by atoms with Crippen LogP contribution in [-0.2, 0) is 9.59 Å². The van der Waals surface area contributed by atoms with Gasteiger partial charge in [0.1, 0.15) is 6.04 Å². The van der Waals surface area contributed by atoms with E-state index in [0.29, 0.717) is 0 Å². The molecule has 5 nitrogen and oxygen atoms in total. The van der Waals surface area contributed by atoms with Gasteiger partial charge in [0, 0.05) is 13.0 Å². The predicted octanol–water partition coefficient (Wildman–Crippen LogP) is -0.281. The highest BCUT2D eigenvalue weighted by Gasteiger charge is 2.20. The van der Waals surface area contributed by atoms with E-state index in [4.69, 9.17) is 5.11 Å². The first-order valence-electron chi connectivity index (χ1n) is 4.93. The maximum Gasteiger partial charge on any atom is 0.320 e. The van der Waals surface area contributed by atoms with Gasteiger partial charge >= 0.3 is 5.97 Å². The number of aliphatic carboxylic acids is 1. The number of carbonyl (C=O) groups excluding carboxylic acids is 1. The average molecular weight is 200 g/mol. The van der Waals surface area contributed by atoms with Crippen molar-refractivity contribution < 1.29 is 14.7 Å². The Labute approximate surface area is 82.9 Å². The minimum Gasteiger partial charge on any atom is -0.480 e. The highest BCUT2D eigenvalue weighted by atomic mass is 16.4. The molecule has 3 N–H and O–H groups in total. The monoisotopic (exact) mass is 200 g/mol. The summed E-state index contributed by atoms with van der Waals surface area (Å²) in [6.45, 7) is 1.75. The Kier molecular flexibility index (Phi) is 4.39.